The van der Waals surface area contributed by atoms with Crippen LogP contribution < -0.4 is 0 Å². The predicted molar refractivity (Wildman–Crippen MR) is 232 cm³/mol. The summed E-state index contributed by atoms with van der Waals surface area (Å²) in [6, 6.07) is 52.1. The Kier molecular flexibility index (Phi) is 5.86. The number of hydrogen-bond donors (Lipinski definition) is 0. The molecule has 4 heterocycles. The van der Waals surface area contributed by atoms with E-state index in [9.17, 15) is 0 Å². The Morgan fingerprint density at radius 2 is 0.696 bits per heavy atom. The van der Waals surface area contributed by atoms with Gasteiger partial charge in [-0.15, -0.1) is 0 Å². The van der Waals surface area contributed by atoms with Crippen molar-refractivity contribution in [1.82, 2.24) is 9.97 Å². The molecule has 4 heteroatoms. The molecule has 4 nitrogen and oxygen atoms in total. The number of para-hydroxylation sites is 2. The predicted octanol–water partition coefficient (Wildman–Crippen LogP) is 14.5. The quantitative estimate of drug-likeness (QED) is 0.132. The van der Waals surface area contributed by atoms with Gasteiger partial charge in [0.25, 0.3) is 0 Å². The zero-order chi connectivity index (χ0) is 36.5. The highest BCUT2D eigenvalue weighted by Gasteiger charge is 2.22. The summed E-state index contributed by atoms with van der Waals surface area (Å²) in [5.74, 6) is 0. The maximum atomic E-state index is 6.78. The molecule has 0 spiro atoms. The van der Waals surface area contributed by atoms with Crippen LogP contribution in [0.5, 0.6) is 0 Å². The lowest BCUT2D eigenvalue weighted by Gasteiger charge is -2.16. The fraction of sp³-hybridized carbons (Fsp3) is 0. The van der Waals surface area contributed by atoms with E-state index < -0.39 is 0 Å². The first-order valence-corrected chi connectivity index (χ1v) is 18.9. The van der Waals surface area contributed by atoms with Crippen molar-refractivity contribution in [2.24, 2.45) is 0 Å². The Bertz CT molecular complexity index is 3570. The van der Waals surface area contributed by atoms with Crippen molar-refractivity contribution < 1.29 is 8.83 Å². The summed E-state index contributed by atoms with van der Waals surface area (Å²) in [6.45, 7) is 0. The summed E-state index contributed by atoms with van der Waals surface area (Å²) in [4.78, 5) is 9.50. The molecule has 4 aromatic heterocycles. The largest absolute Gasteiger partial charge is 0.455 e. The Hall–Kier alpha value is -7.56. The lowest BCUT2D eigenvalue weighted by atomic mass is 9.87. The Morgan fingerprint density at radius 3 is 1.18 bits per heavy atom. The molecule has 56 heavy (non-hydrogen) atoms. The van der Waals surface area contributed by atoms with E-state index >= 15 is 0 Å². The summed E-state index contributed by atoms with van der Waals surface area (Å²) in [6.07, 6.45) is 7.90. The normalized spacial score (nSPS) is 12.3. The van der Waals surface area contributed by atoms with Crippen molar-refractivity contribution in [2.45, 2.75) is 0 Å². The van der Waals surface area contributed by atoms with Crippen LogP contribution in [-0.4, -0.2) is 9.97 Å². The molecule has 0 aliphatic carbocycles. The van der Waals surface area contributed by atoms with Crippen molar-refractivity contribution in [1.29, 1.82) is 0 Å². The highest BCUT2D eigenvalue weighted by Crippen LogP contribution is 2.48. The number of benzene rings is 9. The molecule has 0 amide bonds. The molecule has 9 aromatic carbocycles. The minimum absolute atomic E-state index is 0.882. The van der Waals surface area contributed by atoms with Crippen molar-refractivity contribution in [3.63, 3.8) is 0 Å². The smallest absolute Gasteiger partial charge is 0.143 e. The van der Waals surface area contributed by atoms with E-state index in [-0.39, 0.29) is 0 Å². The third kappa shape index (κ3) is 4.02. The zero-order valence-electron chi connectivity index (χ0n) is 29.9. The van der Waals surface area contributed by atoms with Gasteiger partial charge in [-0.05, 0) is 103 Å². The summed E-state index contributed by atoms with van der Waals surface area (Å²) in [5, 5.41) is 18.0. The number of pyridine rings is 2. The van der Waals surface area contributed by atoms with Gasteiger partial charge in [-0.3, -0.25) is 9.97 Å². The van der Waals surface area contributed by atoms with Crippen LogP contribution in [0.1, 0.15) is 0 Å². The minimum Gasteiger partial charge on any atom is -0.455 e. The highest BCUT2D eigenvalue weighted by molar-refractivity contribution is 6.31. The fourth-order valence-corrected chi connectivity index (χ4v) is 9.44. The molecule has 13 aromatic rings. The van der Waals surface area contributed by atoms with Gasteiger partial charge >= 0.3 is 0 Å². The Morgan fingerprint density at radius 1 is 0.286 bits per heavy atom. The molecular formula is C52H28N2O2. The number of rotatable bonds is 2. The maximum absolute atomic E-state index is 6.78. The van der Waals surface area contributed by atoms with Gasteiger partial charge < -0.3 is 8.83 Å². The van der Waals surface area contributed by atoms with Crippen molar-refractivity contribution >= 4 is 109 Å². The first-order chi connectivity index (χ1) is 27.8. The molecular weight excluding hydrogens is 685 g/mol. The number of furan rings is 2. The van der Waals surface area contributed by atoms with E-state index in [0.717, 1.165) is 131 Å². The molecule has 0 unspecified atom stereocenters. The van der Waals surface area contributed by atoms with Crippen LogP contribution in [0.25, 0.3) is 131 Å². The molecule has 0 saturated heterocycles. The molecule has 0 aliphatic rings. The van der Waals surface area contributed by atoms with E-state index in [1.165, 1.54) is 0 Å². The number of aromatic nitrogens is 2. The van der Waals surface area contributed by atoms with Gasteiger partial charge in [0.15, 0.2) is 0 Å². The average molecular weight is 713 g/mol. The van der Waals surface area contributed by atoms with Crippen LogP contribution >= 0.6 is 0 Å². The van der Waals surface area contributed by atoms with E-state index in [2.05, 4.69) is 133 Å². The molecule has 0 fully saturated rings. The summed E-state index contributed by atoms with van der Waals surface area (Å²) >= 11 is 0. The van der Waals surface area contributed by atoms with Crippen LogP contribution in [0, 0.1) is 0 Å². The third-order valence-electron chi connectivity index (χ3n) is 12.0. The number of nitrogens with zero attached hydrogens (tertiary/aromatic N) is 2. The molecule has 0 aliphatic heterocycles. The molecule has 0 N–H and O–H groups in total. The molecule has 258 valence electrons. The summed E-state index contributed by atoms with van der Waals surface area (Å²) in [7, 11) is 0. The molecule has 0 radical (unpaired) electrons. The first-order valence-electron chi connectivity index (χ1n) is 18.9. The van der Waals surface area contributed by atoms with Crippen molar-refractivity contribution in [3.8, 4) is 22.3 Å². The number of hydrogen-bond acceptors (Lipinski definition) is 4. The van der Waals surface area contributed by atoms with Crippen molar-refractivity contribution in [3.05, 3.63) is 170 Å². The maximum Gasteiger partial charge on any atom is 0.143 e. The molecule has 13 rings (SSSR count). The minimum atomic E-state index is 0.882. The zero-order valence-corrected chi connectivity index (χ0v) is 29.9. The van der Waals surface area contributed by atoms with Crippen molar-refractivity contribution in [2.75, 3.05) is 0 Å². The monoisotopic (exact) mass is 712 g/mol. The molecule has 0 bridgehead atoms. The lowest BCUT2D eigenvalue weighted by molar-refractivity contribution is 0.672. The summed E-state index contributed by atoms with van der Waals surface area (Å²) < 4.78 is 13.6. The van der Waals surface area contributed by atoms with Crippen LogP contribution in [0.15, 0.2) is 179 Å². The van der Waals surface area contributed by atoms with Crippen LogP contribution in [0.2, 0.25) is 0 Å². The van der Waals surface area contributed by atoms with E-state index in [1.807, 2.05) is 36.9 Å². The van der Waals surface area contributed by atoms with Gasteiger partial charge in [-0.2, -0.15) is 0 Å². The summed E-state index contributed by atoms with van der Waals surface area (Å²) in [5.41, 5.74) is 7.90. The lowest BCUT2D eigenvalue weighted by Crippen LogP contribution is -1.91. The van der Waals surface area contributed by atoms with Gasteiger partial charge in [-0.1, -0.05) is 97.1 Å². The Labute approximate surface area is 318 Å². The van der Waals surface area contributed by atoms with E-state index in [1.54, 1.807) is 0 Å². The van der Waals surface area contributed by atoms with Gasteiger partial charge in [0.2, 0.25) is 0 Å². The second-order valence-electron chi connectivity index (χ2n) is 14.9. The fourth-order valence-electron chi connectivity index (χ4n) is 9.44. The van der Waals surface area contributed by atoms with Gasteiger partial charge in [0.05, 0.1) is 0 Å². The average Bonchev–Trinajstić information content (AvgIpc) is 3.83. The first kappa shape index (κ1) is 29.8. The Balaban J connectivity index is 1.22. The second-order valence-corrected chi connectivity index (χ2v) is 14.9. The third-order valence-corrected chi connectivity index (χ3v) is 12.0. The SMILES string of the molecule is c1ccc2c(-c3cc4cc5c(cc(-c6cncc7ccccc67)c6c5ccc5c7ccccc7oc56)cc4c4ccc5c6ccccc6oc5c34)cncc2c1. The van der Waals surface area contributed by atoms with Gasteiger partial charge in [0, 0.05) is 79.0 Å². The van der Waals surface area contributed by atoms with Gasteiger partial charge in [0.1, 0.15) is 22.3 Å². The van der Waals surface area contributed by atoms with Gasteiger partial charge in [-0.25, -0.2) is 0 Å². The van der Waals surface area contributed by atoms with Crippen LogP contribution in [0.3, 0.4) is 0 Å². The molecule has 0 saturated carbocycles. The van der Waals surface area contributed by atoms with Crippen LogP contribution in [-0.2, 0) is 0 Å². The van der Waals surface area contributed by atoms with E-state index in [0.29, 0.717) is 0 Å². The second kappa shape index (κ2) is 11.0. The molecule has 0 atom stereocenters. The highest BCUT2D eigenvalue weighted by atomic mass is 16.3. The van der Waals surface area contributed by atoms with Crippen LogP contribution in [0.4, 0.5) is 0 Å². The topological polar surface area (TPSA) is 52.1 Å². The standard InChI is InChI=1S/C52H28N2O2/c1-3-11-33-29(9-1)25-53-27-45(33)43-23-31-21-42-32(22-41(31)37-17-19-39-35-13-5-7-15-47(35)55-51(39)49(37)43)24-44(46-28-54-26-30-10-2-4-12-34(30)46)50-38(42)18-20-40-36-14-6-8-16-48(36)56-52(40)50/h1-28H. The number of fused-ring (bicyclic) bond motifs is 16. The van der Waals surface area contributed by atoms with E-state index in [4.69, 9.17) is 18.8 Å².